The van der Waals surface area contributed by atoms with Gasteiger partial charge in [-0.3, -0.25) is 19.2 Å². The smallest absolute Gasteiger partial charge is 0.319 e. The number of imide groups is 1. The normalized spacial score (nSPS) is 12.7. The Balaban J connectivity index is 1.27. The summed E-state index contributed by atoms with van der Waals surface area (Å²) in [6.07, 6.45) is 1.66. The zero-order chi connectivity index (χ0) is 21.8. The molecule has 4 amide bonds. The molecule has 9 nitrogen and oxygen atoms in total. The van der Waals surface area contributed by atoms with Crippen LogP contribution in [0.15, 0.2) is 54.7 Å². The van der Waals surface area contributed by atoms with Crippen molar-refractivity contribution in [2.75, 3.05) is 11.9 Å². The number of nitrogens with zero attached hydrogens (tertiary/aromatic N) is 4. The first-order chi connectivity index (χ1) is 15.0. The second-order valence-corrected chi connectivity index (χ2v) is 7.19. The van der Waals surface area contributed by atoms with E-state index in [1.54, 1.807) is 42.6 Å². The predicted molar refractivity (Wildman–Crippen MR) is 114 cm³/mol. The lowest BCUT2D eigenvalue weighted by Gasteiger charge is -2.13. The van der Waals surface area contributed by atoms with Crippen molar-refractivity contribution in [3.05, 3.63) is 77.1 Å². The maximum atomic E-state index is 12.4. The fourth-order valence-electron chi connectivity index (χ4n) is 3.25. The second-order valence-electron chi connectivity index (χ2n) is 6.92. The van der Waals surface area contributed by atoms with Crippen molar-refractivity contribution in [2.24, 2.45) is 0 Å². The summed E-state index contributed by atoms with van der Waals surface area (Å²) in [6.45, 7) is 0.657. The van der Waals surface area contributed by atoms with E-state index in [0.29, 0.717) is 34.9 Å². The van der Waals surface area contributed by atoms with Gasteiger partial charge in [0.05, 0.1) is 30.4 Å². The van der Waals surface area contributed by atoms with E-state index >= 15 is 0 Å². The Morgan fingerprint density at radius 1 is 1.00 bits per heavy atom. The van der Waals surface area contributed by atoms with Crippen molar-refractivity contribution < 1.29 is 14.4 Å². The highest BCUT2D eigenvalue weighted by atomic mass is 35.5. The summed E-state index contributed by atoms with van der Waals surface area (Å²) >= 11 is 5.80. The van der Waals surface area contributed by atoms with Crippen molar-refractivity contribution in [3.8, 4) is 0 Å². The monoisotopic (exact) mass is 438 g/mol. The van der Waals surface area contributed by atoms with Crippen LogP contribution in [0.25, 0.3) is 0 Å². The lowest BCUT2D eigenvalue weighted by Crippen LogP contribution is -2.33. The van der Waals surface area contributed by atoms with Crippen LogP contribution in [0.4, 0.5) is 10.5 Å². The highest BCUT2D eigenvalue weighted by molar-refractivity contribution is 6.21. The molecule has 0 spiro atoms. The van der Waals surface area contributed by atoms with Gasteiger partial charge in [0.1, 0.15) is 5.69 Å². The summed E-state index contributed by atoms with van der Waals surface area (Å²) < 4.78 is 1.53. The first-order valence-electron chi connectivity index (χ1n) is 9.59. The zero-order valence-electron chi connectivity index (χ0n) is 16.4. The van der Waals surface area contributed by atoms with Crippen LogP contribution >= 0.6 is 11.6 Å². The minimum atomic E-state index is -0.382. The summed E-state index contributed by atoms with van der Waals surface area (Å²) in [5.41, 5.74) is 2.92. The second kappa shape index (κ2) is 8.97. The molecule has 1 aromatic heterocycles. The van der Waals surface area contributed by atoms with E-state index in [1.165, 1.54) is 9.58 Å². The first kappa shape index (κ1) is 20.5. The number of nitrogens with one attached hydrogen (secondary N) is 2. The molecule has 0 saturated heterocycles. The van der Waals surface area contributed by atoms with Gasteiger partial charge in [-0.1, -0.05) is 29.5 Å². The third-order valence-corrected chi connectivity index (χ3v) is 5.09. The number of halogens is 1. The molecule has 158 valence electrons. The summed E-state index contributed by atoms with van der Waals surface area (Å²) in [5.74, 6) is -0.254. The van der Waals surface area contributed by atoms with Gasteiger partial charge in [-0.2, -0.15) is 0 Å². The number of hydrogen-bond donors (Lipinski definition) is 2. The molecule has 0 atom stereocenters. The van der Waals surface area contributed by atoms with Gasteiger partial charge < -0.3 is 10.6 Å². The van der Waals surface area contributed by atoms with Crippen molar-refractivity contribution in [3.63, 3.8) is 0 Å². The van der Waals surface area contributed by atoms with Gasteiger partial charge in [0.25, 0.3) is 11.8 Å². The van der Waals surface area contributed by atoms with Crippen LogP contribution in [0, 0.1) is 0 Å². The minimum Gasteiger partial charge on any atom is -0.332 e. The molecule has 31 heavy (non-hydrogen) atoms. The van der Waals surface area contributed by atoms with E-state index in [1.807, 2.05) is 12.1 Å². The number of amides is 4. The number of alkyl halides is 1. The highest BCUT2D eigenvalue weighted by Gasteiger charge is 2.34. The Morgan fingerprint density at radius 2 is 1.74 bits per heavy atom. The fraction of sp³-hybridized carbons (Fsp3) is 0.190. The Bertz CT molecular complexity index is 1110. The highest BCUT2D eigenvalue weighted by Crippen LogP contribution is 2.22. The molecule has 2 aromatic carbocycles. The molecule has 1 aliphatic rings. The van der Waals surface area contributed by atoms with Gasteiger partial charge in [0.2, 0.25) is 0 Å². The van der Waals surface area contributed by atoms with Gasteiger partial charge in [-0.15, -0.1) is 16.7 Å². The number of benzene rings is 2. The van der Waals surface area contributed by atoms with Crippen LogP contribution < -0.4 is 10.6 Å². The van der Waals surface area contributed by atoms with E-state index < -0.39 is 0 Å². The van der Waals surface area contributed by atoms with Crippen LogP contribution in [-0.2, 0) is 19.0 Å². The lowest BCUT2D eigenvalue weighted by atomic mass is 10.1. The molecule has 0 aliphatic carbocycles. The maximum Gasteiger partial charge on any atom is 0.319 e. The number of aromatic nitrogens is 3. The number of urea groups is 1. The van der Waals surface area contributed by atoms with E-state index in [4.69, 9.17) is 11.6 Å². The summed E-state index contributed by atoms with van der Waals surface area (Å²) in [4.78, 5) is 38.1. The molecular weight excluding hydrogens is 420 g/mol. The molecule has 0 radical (unpaired) electrons. The maximum absolute atomic E-state index is 12.4. The third-order valence-electron chi connectivity index (χ3n) is 4.79. The van der Waals surface area contributed by atoms with Crippen molar-refractivity contribution in [2.45, 2.75) is 19.0 Å². The summed E-state index contributed by atoms with van der Waals surface area (Å²) in [5, 5.41) is 13.4. The van der Waals surface area contributed by atoms with Gasteiger partial charge in [-0.05, 0) is 29.8 Å². The number of anilines is 1. The van der Waals surface area contributed by atoms with Crippen LogP contribution in [0.5, 0.6) is 0 Å². The van der Waals surface area contributed by atoms with Crippen molar-refractivity contribution in [1.29, 1.82) is 0 Å². The van der Waals surface area contributed by atoms with Crippen molar-refractivity contribution >= 4 is 35.1 Å². The van der Waals surface area contributed by atoms with Gasteiger partial charge in [-0.25, -0.2) is 4.79 Å². The van der Waals surface area contributed by atoms with Crippen LogP contribution in [0.1, 0.15) is 32.0 Å². The van der Waals surface area contributed by atoms with E-state index in [-0.39, 0.29) is 30.9 Å². The fourth-order valence-corrected chi connectivity index (χ4v) is 3.42. The Kier molecular flexibility index (Phi) is 5.94. The van der Waals surface area contributed by atoms with Gasteiger partial charge in [0.15, 0.2) is 0 Å². The van der Waals surface area contributed by atoms with Crippen LogP contribution in [-0.4, -0.2) is 44.3 Å². The quantitative estimate of drug-likeness (QED) is 0.435. The molecule has 2 heterocycles. The number of rotatable bonds is 7. The van der Waals surface area contributed by atoms with E-state index in [9.17, 15) is 14.4 Å². The molecule has 0 unspecified atom stereocenters. The average molecular weight is 439 g/mol. The average Bonchev–Trinajstić information content (AvgIpc) is 3.34. The number of hydrogen-bond acceptors (Lipinski definition) is 5. The topological polar surface area (TPSA) is 109 Å². The number of fused-ring (bicyclic) bond motifs is 1. The molecule has 0 saturated carbocycles. The Labute approximate surface area is 183 Å². The molecule has 0 fully saturated rings. The van der Waals surface area contributed by atoms with E-state index in [0.717, 1.165) is 5.56 Å². The predicted octanol–water partition coefficient (Wildman–Crippen LogP) is 2.63. The number of carbonyl (C=O) groups is 3. The summed E-state index contributed by atoms with van der Waals surface area (Å²) in [6, 6.07) is 13.6. The largest absolute Gasteiger partial charge is 0.332 e. The Morgan fingerprint density at radius 3 is 2.45 bits per heavy atom. The SMILES string of the molecule is O=C(NCc1cn(CCN2C(=O)c3ccccc3C2=O)nn1)Nc1cccc(CCl)c1. The molecule has 0 bridgehead atoms. The zero-order valence-corrected chi connectivity index (χ0v) is 17.2. The molecular formula is C21H19ClN6O3. The van der Waals surface area contributed by atoms with Crippen LogP contribution in [0.2, 0.25) is 0 Å². The van der Waals surface area contributed by atoms with Crippen LogP contribution in [0.3, 0.4) is 0 Å². The van der Waals surface area contributed by atoms with Gasteiger partial charge in [0, 0.05) is 18.1 Å². The number of carbonyl (C=O) groups excluding carboxylic acids is 3. The molecule has 1 aliphatic heterocycles. The standard InChI is InChI=1S/C21H19ClN6O3/c22-11-14-4-3-5-15(10-14)24-21(31)23-12-16-13-27(26-25-16)8-9-28-19(29)17-6-1-2-7-18(17)20(28)30/h1-7,10,13H,8-9,11-12H2,(H2,23,24,31). The van der Waals surface area contributed by atoms with Gasteiger partial charge >= 0.3 is 6.03 Å². The molecule has 10 heteroatoms. The summed E-state index contributed by atoms with van der Waals surface area (Å²) in [7, 11) is 0. The third kappa shape index (κ3) is 4.56. The Hall–Kier alpha value is -3.72. The van der Waals surface area contributed by atoms with E-state index in [2.05, 4.69) is 20.9 Å². The first-order valence-corrected chi connectivity index (χ1v) is 10.1. The lowest BCUT2D eigenvalue weighted by molar-refractivity contribution is 0.0647. The minimum absolute atomic E-state index is 0.175. The molecule has 3 aromatic rings. The van der Waals surface area contributed by atoms with Crippen molar-refractivity contribution in [1.82, 2.24) is 25.2 Å². The molecule has 2 N–H and O–H groups in total. The molecule has 4 rings (SSSR count).